The zero-order chi connectivity index (χ0) is 12.8. The summed E-state index contributed by atoms with van der Waals surface area (Å²) in [5.74, 6) is 4.16. The van der Waals surface area contributed by atoms with Gasteiger partial charge in [0.2, 0.25) is 5.91 Å². The van der Waals surface area contributed by atoms with Gasteiger partial charge in [-0.3, -0.25) is 4.79 Å². The van der Waals surface area contributed by atoms with E-state index in [0.717, 1.165) is 49.6 Å². The van der Waals surface area contributed by atoms with Gasteiger partial charge < -0.3 is 10.6 Å². The van der Waals surface area contributed by atoms with E-state index in [1.807, 2.05) is 0 Å². The molecule has 1 heterocycles. The minimum Gasteiger partial charge on any atom is -0.353 e. The molecule has 1 unspecified atom stereocenters. The normalized spacial score (nSPS) is 45.8. The highest BCUT2D eigenvalue weighted by atomic mass is 35.5. The molecule has 2 N–H and O–H groups in total. The SMILES string of the molecule is Cl.O=C(NC1C2CC3CC(C2)CC1C3)C1CCCNC1. The molecule has 4 saturated carbocycles. The third-order valence-corrected chi connectivity index (χ3v) is 6.20. The summed E-state index contributed by atoms with van der Waals surface area (Å²) in [7, 11) is 0. The van der Waals surface area contributed by atoms with Crippen molar-refractivity contribution in [1.82, 2.24) is 10.6 Å². The summed E-state index contributed by atoms with van der Waals surface area (Å²) in [6.07, 6.45) is 9.27. The summed E-state index contributed by atoms with van der Waals surface area (Å²) in [5, 5.41) is 6.81. The van der Waals surface area contributed by atoms with Gasteiger partial charge in [0.1, 0.15) is 0 Å². The minimum atomic E-state index is 0. The molecule has 4 bridgehead atoms. The Kier molecular flexibility index (Phi) is 4.28. The van der Waals surface area contributed by atoms with Crippen LogP contribution in [0.15, 0.2) is 0 Å². The lowest BCUT2D eigenvalue weighted by Gasteiger charge is -2.54. The van der Waals surface area contributed by atoms with Crippen LogP contribution in [0, 0.1) is 29.6 Å². The first kappa shape index (κ1) is 14.6. The molecule has 0 aromatic rings. The van der Waals surface area contributed by atoms with E-state index in [4.69, 9.17) is 0 Å². The van der Waals surface area contributed by atoms with Gasteiger partial charge in [-0.2, -0.15) is 0 Å². The van der Waals surface area contributed by atoms with Crippen molar-refractivity contribution in [3.63, 3.8) is 0 Å². The van der Waals surface area contributed by atoms with Gasteiger partial charge in [-0.25, -0.2) is 0 Å². The van der Waals surface area contributed by atoms with Crippen molar-refractivity contribution in [3.05, 3.63) is 0 Å². The molecule has 4 aliphatic carbocycles. The Hall–Kier alpha value is -0.280. The van der Waals surface area contributed by atoms with Gasteiger partial charge in [0.15, 0.2) is 0 Å². The van der Waals surface area contributed by atoms with Crippen LogP contribution in [0.1, 0.15) is 44.9 Å². The van der Waals surface area contributed by atoms with Crippen LogP contribution in [0.2, 0.25) is 0 Å². The number of amides is 1. The fourth-order valence-electron chi connectivity index (χ4n) is 5.52. The zero-order valence-electron chi connectivity index (χ0n) is 12.1. The Morgan fingerprint density at radius 3 is 2.20 bits per heavy atom. The van der Waals surface area contributed by atoms with Crippen LogP contribution in [0.3, 0.4) is 0 Å². The highest BCUT2D eigenvalue weighted by Gasteiger charge is 2.48. The predicted octanol–water partition coefficient (Wildman–Crippen LogP) is 2.35. The lowest BCUT2D eigenvalue weighted by atomic mass is 9.54. The number of halogens is 1. The van der Waals surface area contributed by atoms with Crippen molar-refractivity contribution in [2.24, 2.45) is 29.6 Å². The van der Waals surface area contributed by atoms with E-state index in [1.54, 1.807) is 0 Å². The molecule has 0 radical (unpaired) electrons. The molecule has 5 aliphatic rings. The Labute approximate surface area is 128 Å². The standard InChI is InChI=1S/C16H26N2O.ClH/c19-16(12-2-1-3-17-9-12)18-15-13-5-10-4-11(7-13)8-14(15)6-10;/h10-15,17H,1-9H2,(H,18,19);1H. The van der Waals surface area contributed by atoms with E-state index in [2.05, 4.69) is 10.6 Å². The summed E-state index contributed by atoms with van der Waals surface area (Å²) in [5.41, 5.74) is 0. The first-order valence-electron chi connectivity index (χ1n) is 8.30. The first-order valence-corrected chi connectivity index (χ1v) is 8.30. The van der Waals surface area contributed by atoms with Gasteiger partial charge in [0.25, 0.3) is 0 Å². The number of hydrogen-bond donors (Lipinski definition) is 2. The number of rotatable bonds is 2. The van der Waals surface area contributed by atoms with Gasteiger partial charge in [-0.15, -0.1) is 12.4 Å². The maximum atomic E-state index is 12.4. The molecular formula is C16H27ClN2O. The molecule has 0 aromatic heterocycles. The topological polar surface area (TPSA) is 41.1 Å². The van der Waals surface area contributed by atoms with Gasteiger partial charge in [-0.1, -0.05) is 0 Å². The van der Waals surface area contributed by atoms with Gasteiger partial charge >= 0.3 is 0 Å². The van der Waals surface area contributed by atoms with E-state index in [9.17, 15) is 4.79 Å². The van der Waals surface area contributed by atoms with E-state index in [0.29, 0.717) is 11.9 Å². The Balaban J connectivity index is 0.00000121. The lowest BCUT2D eigenvalue weighted by molar-refractivity contribution is -0.129. The average molecular weight is 299 g/mol. The third-order valence-electron chi connectivity index (χ3n) is 6.20. The Bertz CT molecular complexity index is 339. The van der Waals surface area contributed by atoms with E-state index in [1.165, 1.54) is 32.1 Å². The number of nitrogens with one attached hydrogen (secondary N) is 2. The molecule has 1 aliphatic heterocycles. The van der Waals surface area contributed by atoms with Crippen LogP contribution in [0.5, 0.6) is 0 Å². The summed E-state index contributed by atoms with van der Waals surface area (Å²) in [6, 6.07) is 0.516. The molecular weight excluding hydrogens is 272 g/mol. The number of piperidine rings is 1. The van der Waals surface area contributed by atoms with E-state index >= 15 is 0 Å². The Morgan fingerprint density at radius 1 is 1.00 bits per heavy atom. The van der Waals surface area contributed by atoms with E-state index in [-0.39, 0.29) is 18.3 Å². The number of carbonyl (C=O) groups is 1. The molecule has 0 aromatic carbocycles. The van der Waals surface area contributed by atoms with Crippen LogP contribution in [-0.2, 0) is 4.79 Å². The van der Waals surface area contributed by atoms with Crippen molar-refractivity contribution in [3.8, 4) is 0 Å². The highest BCUT2D eigenvalue weighted by molar-refractivity contribution is 5.85. The van der Waals surface area contributed by atoms with Gasteiger partial charge in [-0.05, 0) is 75.2 Å². The summed E-state index contributed by atoms with van der Waals surface area (Å²) in [4.78, 5) is 12.4. The largest absolute Gasteiger partial charge is 0.353 e. The second-order valence-electron chi connectivity index (χ2n) is 7.51. The molecule has 4 heteroatoms. The van der Waals surface area contributed by atoms with Crippen molar-refractivity contribution >= 4 is 18.3 Å². The zero-order valence-corrected chi connectivity index (χ0v) is 13.0. The molecule has 1 saturated heterocycles. The molecule has 1 amide bonds. The first-order chi connectivity index (χ1) is 9.29. The number of carbonyl (C=O) groups excluding carboxylic acids is 1. The fraction of sp³-hybridized carbons (Fsp3) is 0.938. The van der Waals surface area contributed by atoms with Crippen molar-refractivity contribution < 1.29 is 4.79 Å². The monoisotopic (exact) mass is 298 g/mol. The van der Waals surface area contributed by atoms with Gasteiger partial charge in [0.05, 0.1) is 5.92 Å². The van der Waals surface area contributed by atoms with Crippen LogP contribution in [0.4, 0.5) is 0 Å². The van der Waals surface area contributed by atoms with Crippen LogP contribution < -0.4 is 10.6 Å². The second kappa shape index (κ2) is 5.84. The fourth-order valence-corrected chi connectivity index (χ4v) is 5.52. The molecule has 5 fully saturated rings. The molecule has 114 valence electrons. The van der Waals surface area contributed by atoms with Crippen molar-refractivity contribution in [2.75, 3.05) is 13.1 Å². The van der Waals surface area contributed by atoms with E-state index < -0.39 is 0 Å². The average Bonchev–Trinajstić information content (AvgIpc) is 2.43. The van der Waals surface area contributed by atoms with Crippen LogP contribution >= 0.6 is 12.4 Å². The third kappa shape index (κ3) is 2.59. The van der Waals surface area contributed by atoms with Crippen molar-refractivity contribution in [2.45, 2.75) is 51.0 Å². The quantitative estimate of drug-likeness (QED) is 0.822. The smallest absolute Gasteiger partial charge is 0.224 e. The van der Waals surface area contributed by atoms with Crippen LogP contribution in [0.25, 0.3) is 0 Å². The van der Waals surface area contributed by atoms with Gasteiger partial charge in [0, 0.05) is 12.6 Å². The molecule has 1 atom stereocenters. The van der Waals surface area contributed by atoms with Crippen LogP contribution in [-0.4, -0.2) is 25.0 Å². The van der Waals surface area contributed by atoms with Crippen molar-refractivity contribution in [1.29, 1.82) is 0 Å². The highest BCUT2D eigenvalue weighted by Crippen LogP contribution is 2.53. The number of hydrogen-bond acceptors (Lipinski definition) is 2. The predicted molar refractivity (Wildman–Crippen MR) is 81.8 cm³/mol. The molecule has 5 rings (SSSR count). The maximum Gasteiger partial charge on any atom is 0.224 e. The minimum absolute atomic E-state index is 0. The summed E-state index contributed by atoms with van der Waals surface area (Å²) >= 11 is 0. The molecule has 0 spiro atoms. The second-order valence-corrected chi connectivity index (χ2v) is 7.51. The summed E-state index contributed by atoms with van der Waals surface area (Å²) < 4.78 is 0. The lowest BCUT2D eigenvalue weighted by Crippen LogP contribution is -2.57. The maximum absolute atomic E-state index is 12.4. The molecule has 20 heavy (non-hydrogen) atoms. The summed E-state index contributed by atoms with van der Waals surface area (Å²) in [6.45, 7) is 1.97. The Morgan fingerprint density at radius 2 is 1.65 bits per heavy atom. The molecule has 3 nitrogen and oxygen atoms in total.